The van der Waals surface area contributed by atoms with Crippen LogP contribution in [0.25, 0.3) is 31.1 Å². The molecule has 0 saturated heterocycles. The highest BCUT2D eigenvalue weighted by Gasteiger charge is 2.50. The van der Waals surface area contributed by atoms with Crippen molar-refractivity contribution in [3.8, 4) is 0 Å². The molecular formula is C59H61BN2OS. The van der Waals surface area contributed by atoms with Crippen LogP contribution in [0.3, 0.4) is 0 Å². The summed E-state index contributed by atoms with van der Waals surface area (Å²) in [4.78, 5) is 5.24. The Morgan fingerprint density at radius 1 is 0.562 bits per heavy atom. The average Bonchev–Trinajstić information content (AvgIpc) is 3.82. The summed E-state index contributed by atoms with van der Waals surface area (Å²) in [5.41, 5.74) is 20.8. The van der Waals surface area contributed by atoms with E-state index in [0.717, 1.165) is 30.5 Å². The zero-order valence-electron chi connectivity index (χ0n) is 39.9. The molecule has 8 aromatic rings. The molecule has 0 amide bonds. The van der Waals surface area contributed by atoms with Gasteiger partial charge in [-0.15, -0.1) is 11.3 Å². The summed E-state index contributed by atoms with van der Waals surface area (Å²) in [5, 5.41) is 3.83. The van der Waals surface area contributed by atoms with Crippen LogP contribution in [0.5, 0.6) is 0 Å². The van der Waals surface area contributed by atoms with Crippen LogP contribution >= 0.6 is 11.3 Å². The molecular weight excluding hydrogens is 796 g/mol. The maximum Gasteiger partial charge on any atom is 0.297 e. The van der Waals surface area contributed by atoms with Gasteiger partial charge in [0.1, 0.15) is 5.58 Å². The second-order valence-corrected chi connectivity index (χ2v) is 24.6. The molecule has 4 aliphatic rings. The number of fused-ring (bicyclic) bond motifs is 11. The molecule has 2 aliphatic carbocycles. The van der Waals surface area contributed by atoms with E-state index in [2.05, 4.69) is 196 Å². The Balaban J connectivity index is 1.23. The molecule has 3 nitrogen and oxygen atoms in total. The number of anilines is 6. The van der Waals surface area contributed by atoms with E-state index in [4.69, 9.17) is 4.42 Å². The molecule has 6 aromatic carbocycles. The van der Waals surface area contributed by atoms with Crippen LogP contribution in [0.4, 0.5) is 34.1 Å². The van der Waals surface area contributed by atoms with Gasteiger partial charge in [0.15, 0.2) is 0 Å². The van der Waals surface area contributed by atoms with Crippen LogP contribution in [-0.4, -0.2) is 6.71 Å². The summed E-state index contributed by atoms with van der Waals surface area (Å²) in [6.07, 6.45) is 4.65. The van der Waals surface area contributed by atoms with Gasteiger partial charge < -0.3 is 14.2 Å². The third kappa shape index (κ3) is 5.58. The number of rotatable bonds is 2. The van der Waals surface area contributed by atoms with E-state index >= 15 is 0 Å². The van der Waals surface area contributed by atoms with Gasteiger partial charge in [-0.2, -0.15) is 0 Å². The highest BCUT2D eigenvalue weighted by molar-refractivity contribution is 7.26. The fraction of sp³-hybridized carbons (Fsp3) is 0.356. The largest absolute Gasteiger partial charge is 0.468 e. The van der Waals surface area contributed by atoms with Crippen LogP contribution in [-0.2, 0) is 27.1 Å². The van der Waals surface area contributed by atoms with Gasteiger partial charge >= 0.3 is 0 Å². The summed E-state index contributed by atoms with van der Waals surface area (Å²) < 4.78 is 10.3. The predicted molar refractivity (Wildman–Crippen MR) is 277 cm³/mol. The van der Waals surface area contributed by atoms with E-state index in [1.165, 1.54) is 110 Å². The minimum Gasteiger partial charge on any atom is -0.468 e. The van der Waals surface area contributed by atoms with Crippen molar-refractivity contribution in [3.63, 3.8) is 0 Å². The molecule has 0 atom stereocenters. The number of nitrogens with zero attached hydrogens (tertiary/aromatic N) is 2. The van der Waals surface area contributed by atoms with E-state index in [1.807, 2.05) is 11.3 Å². The number of hydrogen-bond acceptors (Lipinski definition) is 4. The zero-order valence-corrected chi connectivity index (χ0v) is 40.7. The Morgan fingerprint density at radius 2 is 1.14 bits per heavy atom. The second-order valence-electron chi connectivity index (χ2n) is 23.6. The first-order valence-electron chi connectivity index (χ1n) is 23.8. The summed E-state index contributed by atoms with van der Waals surface area (Å²) >= 11 is 1.91. The van der Waals surface area contributed by atoms with E-state index in [1.54, 1.807) is 0 Å². The molecule has 0 radical (unpaired) electrons. The molecule has 0 spiro atoms. The van der Waals surface area contributed by atoms with Gasteiger partial charge in [0.25, 0.3) is 6.71 Å². The molecule has 64 heavy (non-hydrogen) atoms. The van der Waals surface area contributed by atoms with Gasteiger partial charge in [-0.3, -0.25) is 0 Å². The van der Waals surface area contributed by atoms with Crippen molar-refractivity contribution in [1.82, 2.24) is 0 Å². The SMILES string of the molecule is Cc1cc2c3c(c1)N(c1cccc4c1sc1ccccc14)c1c(oc4cc5c(cc14)C(C)(C)CCC5(C)C)B3c1cc3c(cc1N2c1ccc(C(C)(C)C)cc1)C(C)(C)CCC3(C)C. The van der Waals surface area contributed by atoms with Crippen molar-refractivity contribution in [2.45, 2.75) is 136 Å². The third-order valence-electron chi connectivity index (χ3n) is 16.4. The third-order valence-corrected chi connectivity index (χ3v) is 17.6. The van der Waals surface area contributed by atoms with Crippen molar-refractivity contribution in [2.24, 2.45) is 0 Å². The Labute approximate surface area is 384 Å². The van der Waals surface area contributed by atoms with E-state index in [0.29, 0.717) is 0 Å². The Kier molecular flexibility index (Phi) is 8.16. The Hall–Kier alpha value is -5.26. The van der Waals surface area contributed by atoms with Crippen molar-refractivity contribution in [2.75, 3.05) is 9.80 Å². The lowest BCUT2D eigenvalue weighted by atomic mass is 9.35. The first-order chi connectivity index (χ1) is 30.2. The van der Waals surface area contributed by atoms with E-state index in [-0.39, 0.29) is 33.8 Å². The zero-order chi connectivity index (χ0) is 44.6. The number of thiophene rings is 1. The number of benzene rings is 6. The van der Waals surface area contributed by atoms with Crippen LogP contribution in [0, 0.1) is 6.92 Å². The van der Waals surface area contributed by atoms with Crippen LogP contribution in [0.2, 0.25) is 0 Å². The molecule has 4 heterocycles. The predicted octanol–water partition coefficient (Wildman–Crippen LogP) is 15.2. The van der Waals surface area contributed by atoms with E-state index in [9.17, 15) is 0 Å². The highest BCUT2D eigenvalue weighted by atomic mass is 32.1. The molecule has 0 unspecified atom stereocenters. The standard InChI is InChI=1S/C59H61BN2OS/c1-34-28-47-51-48(29-34)62(45-18-15-17-38-37-16-13-14-19-50(37)64-53(38)45)52-39-30-40-43(59(11,12)27-24-56(40,5)6)33-49(39)63-54(52)60(51)44-31-41-42(58(9,10)26-25-57(41,7)8)32-46(44)61(47)36-22-20-35(21-23-36)55(2,3)4/h13-23,28-33H,24-27H2,1-12H3. The van der Waals surface area contributed by atoms with Gasteiger partial charge in [0.05, 0.1) is 21.7 Å². The minimum absolute atomic E-state index is 0.0416. The smallest absolute Gasteiger partial charge is 0.297 e. The summed E-state index contributed by atoms with van der Waals surface area (Å²) in [7, 11) is 0. The van der Waals surface area contributed by atoms with E-state index < -0.39 is 0 Å². The van der Waals surface area contributed by atoms with Crippen LogP contribution < -0.4 is 26.4 Å². The molecule has 2 aromatic heterocycles. The Bertz CT molecular complexity index is 3300. The number of furan rings is 1. The lowest BCUT2D eigenvalue weighted by Gasteiger charge is -2.46. The fourth-order valence-corrected chi connectivity index (χ4v) is 13.5. The summed E-state index contributed by atoms with van der Waals surface area (Å²) in [6.45, 7) is 28.8. The van der Waals surface area contributed by atoms with Gasteiger partial charge in [0, 0.05) is 43.6 Å². The van der Waals surface area contributed by atoms with Crippen LogP contribution in [0.1, 0.15) is 135 Å². The second kappa shape index (κ2) is 13.0. The molecule has 5 heteroatoms. The molecule has 2 aliphatic heterocycles. The number of aryl methyl sites for hydroxylation is 1. The summed E-state index contributed by atoms with van der Waals surface area (Å²) in [5.74, 6) is 0. The molecule has 0 fully saturated rings. The molecule has 12 rings (SSSR count). The lowest BCUT2D eigenvalue weighted by molar-refractivity contribution is 0.332. The van der Waals surface area contributed by atoms with Gasteiger partial charge in [-0.05, 0) is 159 Å². The lowest BCUT2D eigenvalue weighted by Crippen LogP contribution is -2.61. The molecule has 322 valence electrons. The summed E-state index contributed by atoms with van der Waals surface area (Å²) in [6, 6.07) is 40.5. The average molecular weight is 857 g/mol. The van der Waals surface area contributed by atoms with Crippen LogP contribution in [0.15, 0.2) is 108 Å². The van der Waals surface area contributed by atoms with Crippen molar-refractivity contribution >= 4 is 99.9 Å². The van der Waals surface area contributed by atoms with Crippen molar-refractivity contribution in [1.29, 1.82) is 0 Å². The molecule has 0 N–H and O–H groups in total. The highest BCUT2D eigenvalue weighted by Crippen LogP contribution is 2.55. The Morgan fingerprint density at radius 3 is 1.80 bits per heavy atom. The minimum atomic E-state index is -0.102. The van der Waals surface area contributed by atoms with Crippen molar-refractivity contribution < 1.29 is 4.42 Å². The normalized spacial score (nSPS) is 18.8. The maximum atomic E-state index is 7.65. The molecule has 0 saturated carbocycles. The van der Waals surface area contributed by atoms with Crippen molar-refractivity contribution in [3.05, 3.63) is 137 Å². The first-order valence-corrected chi connectivity index (χ1v) is 24.6. The van der Waals surface area contributed by atoms with Gasteiger partial charge in [0.2, 0.25) is 0 Å². The van der Waals surface area contributed by atoms with Gasteiger partial charge in [-0.25, -0.2) is 0 Å². The number of hydrogen-bond donors (Lipinski definition) is 0. The topological polar surface area (TPSA) is 19.6 Å². The maximum absolute atomic E-state index is 7.65. The van der Waals surface area contributed by atoms with Gasteiger partial charge in [-0.1, -0.05) is 125 Å². The monoisotopic (exact) mass is 856 g/mol. The molecule has 0 bridgehead atoms. The fourth-order valence-electron chi connectivity index (χ4n) is 12.3. The first kappa shape index (κ1) is 40.3. The quantitative estimate of drug-likeness (QED) is 0.162.